The molecule has 1 aromatic carbocycles. The lowest BCUT2D eigenvalue weighted by molar-refractivity contribution is -0.119. The maximum absolute atomic E-state index is 11.9. The summed E-state index contributed by atoms with van der Waals surface area (Å²) < 4.78 is 0. The number of carbonyl (C=O) groups excluding carboxylic acids is 2. The maximum Gasteiger partial charge on any atom is 0.251 e. The van der Waals surface area contributed by atoms with Crippen LogP contribution in [0.25, 0.3) is 0 Å². The Morgan fingerprint density at radius 1 is 1.25 bits per heavy atom. The van der Waals surface area contributed by atoms with Crippen LogP contribution in [0.3, 0.4) is 0 Å². The Kier molecular flexibility index (Phi) is 4.74. The average molecular weight is 275 g/mol. The van der Waals surface area contributed by atoms with Gasteiger partial charge in [0.2, 0.25) is 5.91 Å². The summed E-state index contributed by atoms with van der Waals surface area (Å²) in [5.41, 5.74) is 1.32. The number of benzene rings is 1. The predicted molar refractivity (Wildman–Crippen MR) is 78.7 cm³/mol. The number of amides is 2. The van der Waals surface area contributed by atoms with Crippen LogP contribution < -0.4 is 16.0 Å². The molecule has 1 heterocycles. The molecule has 1 fully saturated rings. The highest BCUT2D eigenvalue weighted by molar-refractivity contribution is 5.96. The van der Waals surface area contributed by atoms with Crippen LogP contribution in [-0.2, 0) is 4.79 Å². The van der Waals surface area contributed by atoms with Crippen LogP contribution in [0.2, 0.25) is 0 Å². The summed E-state index contributed by atoms with van der Waals surface area (Å²) in [5.74, 6) is -0.0221. The zero-order valence-electron chi connectivity index (χ0n) is 11.9. The first-order valence-corrected chi connectivity index (χ1v) is 6.99. The second-order valence-corrected chi connectivity index (χ2v) is 5.38. The van der Waals surface area contributed by atoms with Gasteiger partial charge in [0.05, 0.1) is 5.92 Å². The van der Waals surface area contributed by atoms with E-state index >= 15 is 0 Å². The van der Waals surface area contributed by atoms with Crippen molar-refractivity contribution in [2.24, 2.45) is 5.92 Å². The molecule has 5 nitrogen and oxygen atoms in total. The van der Waals surface area contributed by atoms with Crippen molar-refractivity contribution in [2.45, 2.75) is 26.3 Å². The number of hydrogen-bond acceptors (Lipinski definition) is 3. The zero-order valence-corrected chi connectivity index (χ0v) is 11.9. The van der Waals surface area contributed by atoms with Gasteiger partial charge in [0.15, 0.2) is 0 Å². The minimum absolute atomic E-state index is 0.0365. The van der Waals surface area contributed by atoms with Gasteiger partial charge in [-0.05, 0) is 51.1 Å². The lowest BCUT2D eigenvalue weighted by Crippen LogP contribution is -2.30. The maximum atomic E-state index is 11.9. The summed E-state index contributed by atoms with van der Waals surface area (Å²) >= 11 is 0. The Morgan fingerprint density at radius 2 is 1.95 bits per heavy atom. The molecule has 1 aliphatic rings. The molecule has 0 saturated carbocycles. The van der Waals surface area contributed by atoms with Crippen molar-refractivity contribution in [3.63, 3.8) is 0 Å². The molecule has 5 heteroatoms. The first kappa shape index (κ1) is 14.5. The fourth-order valence-corrected chi connectivity index (χ4v) is 2.17. The van der Waals surface area contributed by atoms with Crippen molar-refractivity contribution < 1.29 is 9.59 Å². The molecular formula is C15H21N3O2. The van der Waals surface area contributed by atoms with Crippen molar-refractivity contribution in [1.82, 2.24) is 10.6 Å². The molecule has 0 aromatic heterocycles. The zero-order chi connectivity index (χ0) is 14.5. The van der Waals surface area contributed by atoms with Crippen molar-refractivity contribution in [3.8, 4) is 0 Å². The molecule has 2 rings (SSSR count). The van der Waals surface area contributed by atoms with Gasteiger partial charge in [-0.3, -0.25) is 9.59 Å². The van der Waals surface area contributed by atoms with Crippen LogP contribution in [0.4, 0.5) is 5.69 Å². The van der Waals surface area contributed by atoms with E-state index in [1.165, 1.54) is 0 Å². The smallest absolute Gasteiger partial charge is 0.251 e. The van der Waals surface area contributed by atoms with Crippen LogP contribution in [0.5, 0.6) is 0 Å². The van der Waals surface area contributed by atoms with E-state index in [4.69, 9.17) is 0 Å². The summed E-state index contributed by atoms with van der Waals surface area (Å²) in [5, 5.41) is 8.88. The van der Waals surface area contributed by atoms with Gasteiger partial charge >= 0.3 is 0 Å². The Morgan fingerprint density at radius 3 is 2.50 bits per heavy atom. The lowest BCUT2D eigenvalue weighted by Gasteiger charge is -2.11. The molecule has 20 heavy (non-hydrogen) atoms. The normalized spacial score (nSPS) is 18.1. The number of hydrogen-bond donors (Lipinski definition) is 3. The van der Waals surface area contributed by atoms with E-state index in [1.54, 1.807) is 24.3 Å². The Bertz CT molecular complexity index is 476. The van der Waals surface area contributed by atoms with Gasteiger partial charge in [0.25, 0.3) is 5.91 Å². The standard InChI is InChI=1S/C15H21N3O2/c1-10(2)17-14(19)11-3-5-13(6-4-11)18-15(20)12-7-8-16-9-12/h3-6,10,12,16H,7-9H2,1-2H3,(H,17,19)(H,18,20). The molecule has 1 aliphatic heterocycles. The molecule has 1 unspecified atom stereocenters. The Hall–Kier alpha value is -1.88. The summed E-state index contributed by atoms with van der Waals surface area (Å²) in [6.07, 6.45) is 0.876. The minimum Gasteiger partial charge on any atom is -0.350 e. The van der Waals surface area contributed by atoms with Crippen molar-refractivity contribution in [3.05, 3.63) is 29.8 Å². The summed E-state index contributed by atoms with van der Waals surface area (Å²) in [7, 11) is 0. The van der Waals surface area contributed by atoms with Crippen LogP contribution in [0, 0.1) is 5.92 Å². The fourth-order valence-electron chi connectivity index (χ4n) is 2.17. The molecule has 3 N–H and O–H groups in total. The number of anilines is 1. The van der Waals surface area contributed by atoms with Gasteiger partial charge < -0.3 is 16.0 Å². The molecule has 0 spiro atoms. The van der Waals surface area contributed by atoms with Crippen LogP contribution >= 0.6 is 0 Å². The number of rotatable bonds is 4. The van der Waals surface area contributed by atoms with Crippen molar-refractivity contribution >= 4 is 17.5 Å². The second-order valence-electron chi connectivity index (χ2n) is 5.38. The van der Waals surface area contributed by atoms with Crippen molar-refractivity contribution in [1.29, 1.82) is 0 Å². The van der Waals surface area contributed by atoms with Gasteiger partial charge in [0, 0.05) is 23.8 Å². The lowest BCUT2D eigenvalue weighted by atomic mass is 10.1. The summed E-state index contributed by atoms with van der Waals surface area (Å²) in [6, 6.07) is 7.07. The molecule has 2 amide bonds. The van der Waals surface area contributed by atoms with Gasteiger partial charge in [-0.2, -0.15) is 0 Å². The molecule has 0 radical (unpaired) electrons. The van der Waals surface area contributed by atoms with Crippen LogP contribution in [0.15, 0.2) is 24.3 Å². The van der Waals surface area contributed by atoms with E-state index in [2.05, 4.69) is 16.0 Å². The van der Waals surface area contributed by atoms with E-state index in [1.807, 2.05) is 13.8 Å². The molecule has 0 aliphatic carbocycles. The molecular weight excluding hydrogens is 254 g/mol. The Balaban J connectivity index is 1.94. The monoisotopic (exact) mass is 275 g/mol. The number of carbonyl (C=O) groups is 2. The molecule has 1 saturated heterocycles. The average Bonchev–Trinajstić information content (AvgIpc) is 2.92. The number of nitrogens with one attached hydrogen (secondary N) is 3. The third-order valence-corrected chi connectivity index (χ3v) is 3.27. The van der Waals surface area contributed by atoms with E-state index < -0.39 is 0 Å². The van der Waals surface area contributed by atoms with Gasteiger partial charge in [-0.25, -0.2) is 0 Å². The second kappa shape index (κ2) is 6.52. The third-order valence-electron chi connectivity index (χ3n) is 3.27. The highest BCUT2D eigenvalue weighted by Gasteiger charge is 2.22. The SMILES string of the molecule is CC(C)NC(=O)c1ccc(NC(=O)C2CCNC2)cc1. The van der Waals surface area contributed by atoms with Gasteiger partial charge in [-0.15, -0.1) is 0 Å². The van der Waals surface area contributed by atoms with E-state index in [0.29, 0.717) is 5.56 Å². The summed E-state index contributed by atoms with van der Waals surface area (Å²) in [4.78, 5) is 23.7. The highest BCUT2D eigenvalue weighted by atomic mass is 16.2. The highest BCUT2D eigenvalue weighted by Crippen LogP contribution is 2.14. The molecule has 1 aromatic rings. The largest absolute Gasteiger partial charge is 0.350 e. The minimum atomic E-state index is -0.0992. The molecule has 0 bridgehead atoms. The third kappa shape index (κ3) is 3.81. The predicted octanol–water partition coefficient (Wildman–Crippen LogP) is 1.37. The van der Waals surface area contributed by atoms with Gasteiger partial charge in [0.1, 0.15) is 0 Å². The van der Waals surface area contributed by atoms with E-state index in [0.717, 1.165) is 25.2 Å². The van der Waals surface area contributed by atoms with Gasteiger partial charge in [-0.1, -0.05) is 0 Å². The van der Waals surface area contributed by atoms with Crippen LogP contribution in [0.1, 0.15) is 30.6 Å². The first-order chi connectivity index (χ1) is 9.56. The molecule has 1 atom stereocenters. The molecule has 108 valence electrons. The topological polar surface area (TPSA) is 70.2 Å². The fraction of sp³-hybridized carbons (Fsp3) is 0.467. The van der Waals surface area contributed by atoms with E-state index in [9.17, 15) is 9.59 Å². The Labute approximate surface area is 119 Å². The quantitative estimate of drug-likeness (QED) is 0.777. The van der Waals surface area contributed by atoms with E-state index in [-0.39, 0.29) is 23.8 Å². The first-order valence-electron chi connectivity index (χ1n) is 6.99. The summed E-state index contributed by atoms with van der Waals surface area (Å²) in [6.45, 7) is 5.47. The van der Waals surface area contributed by atoms with Crippen molar-refractivity contribution in [2.75, 3.05) is 18.4 Å². The van der Waals surface area contributed by atoms with Crippen LogP contribution in [-0.4, -0.2) is 30.9 Å².